The predicted molar refractivity (Wildman–Crippen MR) is 63.5 cm³/mol. The maximum Gasteiger partial charge on any atom is 0.328 e. The number of carbonyl (C=O) groups is 3. The van der Waals surface area contributed by atoms with Crippen LogP contribution in [-0.4, -0.2) is 66.3 Å². The molecule has 8 nitrogen and oxygen atoms in total. The normalized spacial score (nSPS) is 26.9. The third-order valence-corrected chi connectivity index (χ3v) is 3.23. The fourth-order valence-corrected chi connectivity index (χ4v) is 2.18. The van der Waals surface area contributed by atoms with E-state index in [1.54, 1.807) is 0 Å². The molecular formula is C11H17N3O5. The molecule has 2 unspecified atom stereocenters. The average Bonchev–Trinajstić information content (AvgIpc) is 2.88. The summed E-state index contributed by atoms with van der Waals surface area (Å²) >= 11 is 0. The van der Waals surface area contributed by atoms with Gasteiger partial charge in [-0.2, -0.15) is 0 Å². The van der Waals surface area contributed by atoms with E-state index in [0.717, 1.165) is 17.7 Å². The molecule has 8 heteroatoms. The van der Waals surface area contributed by atoms with Crippen LogP contribution in [0.25, 0.3) is 0 Å². The van der Waals surface area contributed by atoms with Crippen LogP contribution in [0, 0.1) is 0 Å². The van der Waals surface area contributed by atoms with Crippen molar-refractivity contribution < 1.29 is 24.2 Å². The molecule has 0 aliphatic carbocycles. The number of aliphatic carboxylic acids is 1. The van der Waals surface area contributed by atoms with Gasteiger partial charge in [0.15, 0.2) is 0 Å². The maximum absolute atomic E-state index is 11.9. The van der Waals surface area contributed by atoms with Gasteiger partial charge in [0.05, 0.1) is 6.10 Å². The number of ether oxygens (including phenoxy) is 1. The van der Waals surface area contributed by atoms with Gasteiger partial charge in [-0.25, -0.2) is 9.59 Å². The molecule has 3 amide bonds. The summed E-state index contributed by atoms with van der Waals surface area (Å²) in [6, 6.07) is -1.57. The third-order valence-electron chi connectivity index (χ3n) is 3.23. The molecule has 2 fully saturated rings. The Bertz CT molecular complexity index is 381. The van der Waals surface area contributed by atoms with Crippen LogP contribution in [0.3, 0.4) is 0 Å². The quantitative estimate of drug-likeness (QED) is 0.595. The Morgan fingerprint density at radius 1 is 1.53 bits per heavy atom. The molecule has 0 radical (unpaired) electrons. The van der Waals surface area contributed by atoms with E-state index in [9.17, 15) is 14.4 Å². The Morgan fingerprint density at radius 3 is 2.95 bits per heavy atom. The van der Waals surface area contributed by atoms with E-state index >= 15 is 0 Å². The highest BCUT2D eigenvalue weighted by molar-refractivity contribution is 5.90. The Hall–Kier alpha value is -1.83. The zero-order valence-electron chi connectivity index (χ0n) is 10.4. The highest BCUT2D eigenvalue weighted by atomic mass is 16.5. The third kappa shape index (κ3) is 3.34. The van der Waals surface area contributed by atoms with Crippen LogP contribution in [0.2, 0.25) is 0 Å². The molecule has 0 aromatic rings. The van der Waals surface area contributed by atoms with E-state index in [4.69, 9.17) is 9.84 Å². The summed E-state index contributed by atoms with van der Waals surface area (Å²) in [5, 5.41) is 14.1. The van der Waals surface area contributed by atoms with Crippen LogP contribution in [0.5, 0.6) is 0 Å². The van der Waals surface area contributed by atoms with Crippen LogP contribution in [0.15, 0.2) is 0 Å². The lowest BCUT2D eigenvalue weighted by Crippen LogP contribution is -2.61. The van der Waals surface area contributed by atoms with Crippen molar-refractivity contribution in [2.24, 2.45) is 0 Å². The molecule has 0 aromatic carbocycles. The van der Waals surface area contributed by atoms with Crippen molar-refractivity contribution in [3.05, 3.63) is 0 Å². The van der Waals surface area contributed by atoms with E-state index < -0.39 is 18.0 Å². The topological polar surface area (TPSA) is 108 Å². The number of hydrogen-bond acceptors (Lipinski definition) is 4. The molecule has 2 heterocycles. The molecule has 2 atom stereocenters. The minimum absolute atomic E-state index is 0.0224. The number of piperazine rings is 1. The number of carboxylic acids is 1. The van der Waals surface area contributed by atoms with Crippen molar-refractivity contribution in [1.82, 2.24) is 15.5 Å². The Morgan fingerprint density at radius 2 is 2.32 bits per heavy atom. The van der Waals surface area contributed by atoms with Crippen LogP contribution in [0.4, 0.5) is 4.79 Å². The standard InChI is InChI=1S/C11H17N3O5/c15-9-6-14(8(5-12-9)10(16)17)11(18)13-4-7-2-1-3-19-7/h7-8H,1-6H2,(H,12,15)(H,13,18)(H,16,17). The molecular weight excluding hydrogens is 254 g/mol. The zero-order valence-corrected chi connectivity index (χ0v) is 10.4. The van der Waals surface area contributed by atoms with Crippen LogP contribution < -0.4 is 10.6 Å². The summed E-state index contributed by atoms with van der Waals surface area (Å²) in [5.41, 5.74) is 0. The number of urea groups is 1. The van der Waals surface area contributed by atoms with E-state index in [1.165, 1.54) is 0 Å². The summed E-state index contributed by atoms with van der Waals surface area (Å²) in [5.74, 6) is -1.49. The predicted octanol–water partition coefficient (Wildman–Crippen LogP) is -1.24. The van der Waals surface area contributed by atoms with E-state index in [-0.39, 0.29) is 25.1 Å². The van der Waals surface area contributed by atoms with Gasteiger partial charge in [-0.3, -0.25) is 9.69 Å². The molecule has 19 heavy (non-hydrogen) atoms. The summed E-state index contributed by atoms with van der Waals surface area (Å²) in [4.78, 5) is 35.3. The SMILES string of the molecule is O=C1CN(C(=O)NCC2CCCO2)C(C(=O)O)CN1. The number of nitrogens with zero attached hydrogens (tertiary/aromatic N) is 1. The van der Waals surface area contributed by atoms with Crippen molar-refractivity contribution in [1.29, 1.82) is 0 Å². The average molecular weight is 271 g/mol. The number of carbonyl (C=O) groups excluding carboxylic acids is 2. The van der Waals surface area contributed by atoms with E-state index in [1.807, 2.05) is 0 Å². The Balaban J connectivity index is 1.90. The number of nitrogens with one attached hydrogen (secondary N) is 2. The van der Waals surface area contributed by atoms with Crippen LogP contribution >= 0.6 is 0 Å². The molecule has 0 bridgehead atoms. The Kier molecular flexibility index (Phi) is 4.20. The van der Waals surface area contributed by atoms with Gasteiger partial charge in [0.25, 0.3) is 0 Å². The second-order valence-electron chi connectivity index (χ2n) is 4.61. The van der Waals surface area contributed by atoms with Crippen LogP contribution in [0.1, 0.15) is 12.8 Å². The van der Waals surface area contributed by atoms with Gasteiger partial charge >= 0.3 is 12.0 Å². The van der Waals surface area contributed by atoms with Crippen molar-refractivity contribution >= 4 is 17.9 Å². The molecule has 2 saturated heterocycles. The molecule has 2 aliphatic heterocycles. The summed E-state index contributed by atoms with van der Waals surface area (Å²) < 4.78 is 5.36. The van der Waals surface area contributed by atoms with Gasteiger partial charge in [0.2, 0.25) is 5.91 Å². The monoisotopic (exact) mass is 271 g/mol. The smallest absolute Gasteiger partial charge is 0.328 e. The molecule has 106 valence electrons. The van der Waals surface area contributed by atoms with Gasteiger partial charge in [-0.15, -0.1) is 0 Å². The molecule has 3 N–H and O–H groups in total. The van der Waals surface area contributed by atoms with Crippen molar-refractivity contribution in [2.45, 2.75) is 25.0 Å². The highest BCUT2D eigenvalue weighted by Crippen LogP contribution is 2.11. The molecule has 0 saturated carbocycles. The second-order valence-corrected chi connectivity index (χ2v) is 4.61. The second kappa shape index (κ2) is 5.87. The first-order valence-corrected chi connectivity index (χ1v) is 6.23. The van der Waals surface area contributed by atoms with Crippen molar-refractivity contribution in [2.75, 3.05) is 26.2 Å². The lowest BCUT2D eigenvalue weighted by atomic mass is 10.2. The minimum atomic E-state index is -1.13. The summed E-state index contributed by atoms with van der Waals surface area (Å²) in [6.45, 7) is 0.712. The van der Waals surface area contributed by atoms with Crippen LogP contribution in [-0.2, 0) is 14.3 Å². The maximum atomic E-state index is 11.9. The van der Waals surface area contributed by atoms with Gasteiger partial charge in [0, 0.05) is 19.7 Å². The molecule has 2 aliphatic rings. The lowest BCUT2D eigenvalue weighted by Gasteiger charge is -2.32. The Labute approximate surface area is 110 Å². The fraction of sp³-hybridized carbons (Fsp3) is 0.727. The highest BCUT2D eigenvalue weighted by Gasteiger charge is 2.35. The van der Waals surface area contributed by atoms with Crippen molar-refractivity contribution in [3.8, 4) is 0 Å². The molecule has 0 spiro atoms. The summed E-state index contributed by atoms with van der Waals surface area (Å²) in [6.07, 6.45) is 1.82. The van der Waals surface area contributed by atoms with Crippen molar-refractivity contribution in [3.63, 3.8) is 0 Å². The van der Waals surface area contributed by atoms with Gasteiger partial charge in [-0.1, -0.05) is 0 Å². The first-order valence-electron chi connectivity index (χ1n) is 6.23. The zero-order chi connectivity index (χ0) is 13.8. The first kappa shape index (κ1) is 13.6. The first-order chi connectivity index (χ1) is 9.08. The van der Waals surface area contributed by atoms with E-state index in [0.29, 0.717) is 13.2 Å². The minimum Gasteiger partial charge on any atom is -0.480 e. The van der Waals surface area contributed by atoms with Gasteiger partial charge < -0.3 is 20.5 Å². The number of rotatable bonds is 3. The lowest BCUT2D eigenvalue weighted by molar-refractivity contribution is -0.144. The number of hydrogen-bond donors (Lipinski definition) is 3. The fourth-order valence-electron chi connectivity index (χ4n) is 2.18. The van der Waals surface area contributed by atoms with Gasteiger partial charge in [0.1, 0.15) is 12.6 Å². The largest absolute Gasteiger partial charge is 0.480 e. The molecule has 2 rings (SSSR count). The number of amides is 3. The number of carboxylic acid groups (broad SMARTS) is 1. The van der Waals surface area contributed by atoms with E-state index in [2.05, 4.69) is 10.6 Å². The molecule has 0 aromatic heterocycles. The summed E-state index contributed by atoms with van der Waals surface area (Å²) in [7, 11) is 0. The van der Waals surface area contributed by atoms with Gasteiger partial charge in [-0.05, 0) is 12.8 Å².